The third-order valence-electron chi connectivity index (χ3n) is 6.26. The maximum absolute atomic E-state index is 13.2. The molecular formula is C35H48O5. The number of para-hydroxylation sites is 1. The second kappa shape index (κ2) is 18.0. The summed E-state index contributed by atoms with van der Waals surface area (Å²) in [4.78, 5) is 13.2. The minimum Gasteiger partial charge on any atom is -0.489 e. The molecule has 0 bridgehead atoms. The van der Waals surface area contributed by atoms with E-state index < -0.39 is 5.63 Å². The van der Waals surface area contributed by atoms with Crippen LogP contribution in [0.5, 0.6) is 17.2 Å². The van der Waals surface area contributed by atoms with Crippen LogP contribution in [0.2, 0.25) is 0 Å². The maximum atomic E-state index is 13.2. The lowest BCUT2D eigenvalue weighted by Crippen LogP contribution is -2.11. The first-order chi connectivity index (χ1) is 19.2. The smallest absolute Gasteiger partial charge is 0.383 e. The Labute approximate surface area is 240 Å². The summed E-state index contributed by atoms with van der Waals surface area (Å²) < 4.78 is 23.9. The molecule has 0 unspecified atom stereocenters. The fourth-order valence-corrected chi connectivity index (χ4v) is 3.97. The number of hydrogen-bond acceptors (Lipinski definition) is 5. The van der Waals surface area contributed by atoms with E-state index in [2.05, 4.69) is 78.8 Å². The monoisotopic (exact) mass is 548 g/mol. The van der Waals surface area contributed by atoms with Crippen LogP contribution in [0, 0.1) is 0 Å². The predicted octanol–water partition coefficient (Wildman–Crippen LogP) is 9.67. The van der Waals surface area contributed by atoms with Crippen LogP contribution in [-0.4, -0.2) is 19.8 Å². The van der Waals surface area contributed by atoms with Crippen molar-refractivity contribution in [1.29, 1.82) is 0 Å². The fourth-order valence-electron chi connectivity index (χ4n) is 3.97. The van der Waals surface area contributed by atoms with E-state index in [-0.39, 0.29) is 12.4 Å². The van der Waals surface area contributed by atoms with Crippen LogP contribution < -0.4 is 19.8 Å². The minimum absolute atomic E-state index is 0.0828. The number of ether oxygens (including phenoxy) is 3. The number of rotatable bonds is 17. The summed E-state index contributed by atoms with van der Waals surface area (Å²) in [5, 5.41) is 0.649. The van der Waals surface area contributed by atoms with Crippen LogP contribution in [0.25, 0.3) is 11.0 Å². The van der Waals surface area contributed by atoms with Gasteiger partial charge < -0.3 is 18.6 Å². The van der Waals surface area contributed by atoms with Gasteiger partial charge in [0.15, 0.2) is 17.1 Å². The summed E-state index contributed by atoms with van der Waals surface area (Å²) in [6, 6.07) is 5.56. The summed E-state index contributed by atoms with van der Waals surface area (Å²) in [6.45, 7) is 15.7. The van der Waals surface area contributed by atoms with Gasteiger partial charge in [-0.25, -0.2) is 4.79 Å². The summed E-state index contributed by atoms with van der Waals surface area (Å²) in [5.74, 6) is 0.977. The molecule has 0 aliphatic rings. The number of benzene rings is 1. The van der Waals surface area contributed by atoms with Gasteiger partial charge in [0.1, 0.15) is 13.2 Å². The molecule has 2 aromatic rings. The number of hydrogen-bond donors (Lipinski definition) is 0. The van der Waals surface area contributed by atoms with Crippen LogP contribution in [0.1, 0.15) is 87.0 Å². The van der Waals surface area contributed by atoms with Gasteiger partial charge in [0.25, 0.3) is 0 Å². The van der Waals surface area contributed by atoms with Gasteiger partial charge in [0.2, 0.25) is 5.75 Å². The van der Waals surface area contributed by atoms with Crippen molar-refractivity contribution in [3.8, 4) is 17.2 Å². The molecule has 5 nitrogen and oxygen atoms in total. The summed E-state index contributed by atoms with van der Waals surface area (Å²) in [6.07, 6.45) is 18.3. The summed E-state index contributed by atoms with van der Waals surface area (Å²) in [7, 11) is 0. The van der Waals surface area contributed by atoms with Crippen molar-refractivity contribution in [1.82, 2.24) is 0 Å². The van der Waals surface area contributed by atoms with Crippen molar-refractivity contribution < 1.29 is 18.6 Å². The Morgan fingerprint density at radius 2 is 1.35 bits per heavy atom. The highest BCUT2D eigenvalue weighted by molar-refractivity contribution is 5.89. The van der Waals surface area contributed by atoms with Crippen molar-refractivity contribution in [3.05, 3.63) is 87.4 Å². The molecule has 1 aromatic heterocycles. The highest BCUT2D eigenvalue weighted by Gasteiger charge is 2.20. The molecule has 0 amide bonds. The average Bonchev–Trinajstić information content (AvgIpc) is 2.89. The number of fused-ring (bicyclic) bond motifs is 1. The molecule has 218 valence electrons. The largest absolute Gasteiger partial charge is 0.489 e. The molecule has 0 fully saturated rings. The zero-order valence-corrected chi connectivity index (χ0v) is 25.6. The molecular weight excluding hydrogens is 500 g/mol. The Morgan fingerprint density at radius 3 is 1.93 bits per heavy atom. The molecule has 0 saturated heterocycles. The Morgan fingerprint density at radius 1 is 0.750 bits per heavy atom. The Kier molecular flexibility index (Phi) is 14.7. The van der Waals surface area contributed by atoms with E-state index in [1.807, 2.05) is 24.3 Å². The molecule has 0 spiro atoms. The lowest BCUT2D eigenvalue weighted by molar-refractivity contribution is 0.291. The van der Waals surface area contributed by atoms with E-state index in [1.54, 1.807) is 0 Å². The topological polar surface area (TPSA) is 57.9 Å². The van der Waals surface area contributed by atoms with Crippen molar-refractivity contribution >= 4 is 11.0 Å². The summed E-state index contributed by atoms with van der Waals surface area (Å²) >= 11 is 0. The first-order valence-electron chi connectivity index (χ1n) is 14.4. The van der Waals surface area contributed by atoms with E-state index in [0.717, 1.165) is 38.5 Å². The highest BCUT2D eigenvalue weighted by Crippen LogP contribution is 2.37. The molecule has 0 aliphatic carbocycles. The lowest BCUT2D eigenvalue weighted by atomic mass is 10.1. The predicted molar refractivity (Wildman–Crippen MR) is 168 cm³/mol. The van der Waals surface area contributed by atoms with Gasteiger partial charge in [-0.15, -0.1) is 0 Å². The maximum Gasteiger partial charge on any atom is 0.383 e. The van der Waals surface area contributed by atoms with Gasteiger partial charge >= 0.3 is 5.63 Å². The van der Waals surface area contributed by atoms with Gasteiger partial charge in [-0.1, -0.05) is 59.6 Å². The second-order valence-electron chi connectivity index (χ2n) is 10.6. The standard InChI is InChI=1S/C35H48O5/c1-8-9-10-11-23-37-31-20-14-19-30-32(31)40-35(36)34(39-25-22-29(7)18-13-16-27(4)5)33(30)38-24-21-28(6)17-12-15-26(2)3/h9-10,14-16,19-22H,8,11-13,17-18,23-25H2,1-7H3. The highest BCUT2D eigenvalue weighted by atomic mass is 16.5. The Hall–Kier alpha value is -3.47. The fraction of sp³-hybridized carbons (Fsp3) is 0.457. The Bertz CT molecular complexity index is 1280. The zero-order chi connectivity index (χ0) is 29.3. The van der Waals surface area contributed by atoms with Crippen molar-refractivity contribution in [3.63, 3.8) is 0 Å². The van der Waals surface area contributed by atoms with Gasteiger partial charge in [0, 0.05) is 0 Å². The zero-order valence-electron chi connectivity index (χ0n) is 25.6. The number of allylic oxidation sites excluding steroid dienone is 7. The van der Waals surface area contributed by atoms with Gasteiger partial charge in [-0.05, 0) is 104 Å². The van der Waals surface area contributed by atoms with Crippen molar-refractivity contribution in [2.24, 2.45) is 0 Å². The second-order valence-corrected chi connectivity index (χ2v) is 10.6. The van der Waals surface area contributed by atoms with Crippen LogP contribution in [0.3, 0.4) is 0 Å². The van der Waals surface area contributed by atoms with Crippen LogP contribution >= 0.6 is 0 Å². The van der Waals surface area contributed by atoms with Gasteiger partial charge in [-0.3, -0.25) is 0 Å². The lowest BCUT2D eigenvalue weighted by Gasteiger charge is -2.14. The first-order valence-corrected chi connectivity index (χ1v) is 14.4. The molecule has 5 heteroatoms. The van der Waals surface area contributed by atoms with E-state index in [0.29, 0.717) is 35.7 Å². The molecule has 0 aliphatic heterocycles. The third-order valence-corrected chi connectivity index (χ3v) is 6.26. The van der Waals surface area contributed by atoms with Crippen LogP contribution in [0.15, 0.2) is 86.2 Å². The Balaban J connectivity index is 2.32. The van der Waals surface area contributed by atoms with Gasteiger partial charge in [-0.2, -0.15) is 0 Å². The SMILES string of the molecule is CCC=CCCOc1cccc2c(OCC=C(C)CCC=C(C)C)c(OCC=C(C)CCC=C(C)C)c(=O)oc12. The van der Waals surface area contributed by atoms with Crippen LogP contribution in [-0.2, 0) is 0 Å². The molecule has 1 heterocycles. The molecule has 1 aromatic carbocycles. The quantitative estimate of drug-likeness (QED) is 0.112. The normalized spacial score (nSPS) is 12.1. The van der Waals surface area contributed by atoms with E-state index in [1.165, 1.54) is 22.3 Å². The third kappa shape index (κ3) is 11.7. The summed E-state index contributed by atoms with van der Waals surface area (Å²) in [5.41, 5.74) is 4.84. The van der Waals surface area contributed by atoms with Crippen molar-refractivity contribution in [2.45, 2.75) is 87.0 Å². The average molecular weight is 549 g/mol. The molecule has 40 heavy (non-hydrogen) atoms. The minimum atomic E-state index is -0.579. The molecule has 0 radical (unpaired) electrons. The van der Waals surface area contributed by atoms with E-state index in [9.17, 15) is 4.79 Å². The van der Waals surface area contributed by atoms with Gasteiger partial charge in [0.05, 0.1) is 12.0 Å². The van der Waals surface area contributed by atoms with Crippen molar-refractivity contribution in [2.75, 3.05) is 19.8 Å². The molecule has 0 saturated carbocycles. The van der Waals surface area contributed by atoms with Crippen LogP contribution in [0.4, 0.5) is 0 Å². The first kappa shape index (κ1) is 32.7. The molecule has 0 N–H and O–H groups in total. The molecule has 0 atom stereocenters. The van der Waals surface area contributed by atoms with E-state index >= 15 is 0 Å². The molecule has 2 rings (SSSR count). The van der Waals surface area contributed by atoms with E-state index in [4.69, 9.17) is 18.6 Å².